The van der Waals surface area contributed by atoms with Gasteiger partial charge in [-0.15, -0.1) is 0 Å². The zero-order valence-corrected chi connectivity index (χ0v) is 12.3. The molecule has 0 aromatic heterocycles. The Balaban J connectivity index is 2.17. The smallest absolute Gasteiger partial charge is 0.127 e. The summed E-state index contributed by atoms with van der Waals surface area (Å²) in [6.45, 7) is 2.89. The van der Waals surface area contributed by atoms with E-state index in [2.05, 4.69) is 15.9 Å². The maximum atomic E-state index is 9.24. The molecule has 2 aromatic carbocycles. The molecular formula is C15H16BrNO2. The third kappa shape index (κ3) is 3.49. The molecule has 19 heavy (non-hydrogen) atoms. The van der Waals surface area contributed by atoms with Crippen LogP contribution in [0.5, 0.6) is 11.5 Å². The molecule has 0 aliphatic rings. The lowest BCUT2D eigenvalue weighted by Gasteiger charge is -2.14. The summed E-state index contributed by atoms with van der Waals surface area (Å²) in [6.07, 6.45) is 0. The van der Waals surface area contributed by atoms with Crippen LogP contribution in [0.15, 0.2) is 40.9 Å². The molecule has 0 amide bonds. The average Bonchev–Trinajstić information content (AvgIpc) is 2.39. The first-order valence-corrected chi connectivity index (χ1v) is 6.79. The van der Waals surface area contributed by atoms with E-state index in [4.69, 9.17) is 10.5 Å². The highest BCUT2D eigenvalue weighted by Crippen LogP contribution is 2.28. The zero-order chi connectivity index (χ0) is 13.8. The van der Waals surface area contributed by atoms with Crippen LogP contribution in [0.25, 0.3) is 0 Å². The summed E-state index contributed by atoms with van der Waals surface area (Å²) in [6, 6.07) is 11.0. The van der Waals surface area contributed by atoms with Crippen molar-refractivity contribution in [2.45, 2.75) is 20.1 Å². The number of hydrogen-bond acceptors (Lipinski definition) is 3. The number of phenols is 1. The van der Waals surface area contributed by atoms with Gasteiger partial charge in [0.25, 0.3) is 0 Å². The fraction of sp³-hybridized carbons (Fsp3) is 0.200. The average molecular weight is 322 g/mol. The molecule has 0 heterocycles. The fourth-order valence-corrected chi connectivity index (χ4v) is 2.52. The van der Waals surface area contributed by atoms with Crippen LogP contribution in [-0.2, 0) is 13.2 Å². The van der Waals surface area contributed by atoms with Crippen LogP contribution in [0.4, 0.5) is 0 Å². The number of aromatic hydroxyl groups is 1. The van der Waals surface area contributed by atoms with Crippen molar-refractivity contribution in [1.82, 2.24) is 0 Å². The molecule has 0 fully saturated rings. The van der Waals surface area contributed by atoms with Gasteiger partial charge >= 0.3 is 0 Å². The molecule has 0 unspecified atom stereocenters. The summed E-state index contributed by atoms with van der Waals surface area (Å²) < 4.78 is 6.86. The Morgan fingerprint density at radius 1 is 1.21 bits per heavy atom. The van der Waals surface area contributed by atoms with E-state index >= 15 is 0 Å². The number of rotatable bonds is 4. The number of nitrogens with two attached hydrogens (primary N) is 1. The largest absolute Gasteiger partial charge is 0.508 e. The summed E-state index contributed by atoms with van der Waals surface area (Å²) >= 11 is 3.45. The van der Waals surface area contributed by atoms with Gasteiger partial charge in [-0.2, -0.15) is 0 Å². The molecule has 100 valence electrons. The lowest BCUT2D eigenvalue weighted by Crippen LogP contribution is -2.04. The van der Waals surface area contributed by atoms with Crippen LogP contribution < -0.4 is 10.5 Å². The van der Waals surface area contributed by atoms with E-state index in [1.54, 1.807) is 12.1 Å². The van der Waals surface area contributed by atoms with Gasteiger partial charge in [-0.25, -0.2) is 0 Å². The molecule has 0 aliphatic heterocycles. The summed E-state index contributed by atoms with van der Waals surface area (Å²) in [4.78, 5) is 0. The Morgan fingerprint density at radius 2 is 1.89 bits per heavy atom. The zero-order valence-electron chi connectivity index (χ0n) is 10.7. The van der Waals surface area contributed by atoms with Crippen LogP contribution in [0.3, 0.4) is 0 Å². The third-order valence-corrected chi connectivity index (χ3v) is 3.31. The monoisotopic (exact) mass is 321 g/mol. The van der Waals surface area contributed by atoms with Gasteiger partial charge in [0.15, 0.2) is 0 Å². The topological polar surface area (TPSA) is 55.5 Å². The molecule has 0 atom stereocenters. The standard InChI is InChI=1S/C15H16BrNO2/c1-10-6-13(16)7-12(8-17)15(10)19-9-11-2-4-14(18)5-3-11/h2-7,18H,8-9,17H2,1H3. The molecule has 4 heteroatoms. The Hall–Kier alpha value is -1.52. The van der Waals surface area contributed by atoms with Crippen molar-refractivity contribution in [1.29, 1.82) is 0 Å². The molecule has 0 aliphatic carbocycles. The molecule has 0 bridgehead atoms. The maximum Gasteiger partial charge on any atom is 0.127 e. The van der Waals surface area contributed by atoms with E-state index in [1.165, 1.54) is 0 Å². The van der Waals surface area contributed by atoms with Crippen LogP contribution >= 0.6 is 15.9 Å². The van der Waals surface area contributed by atoms with Crippen LogP contribution in [0.1, 0.15) is 16.7 Å². The van der Waals surface area contributed by atoms with Crippen molar-refractivity contribution in [3.8, 4) is 11.5 Å². The molecule has 2 aromatic rings. The number of hydrogen-bond donors (Lipinski definition) is 2. The second-order valence-corrected chi connectivity index (χ2v) is 5.29. The van der Waals surface area contributed by atoms with Crippen molar-refractivity contribution < 1.29 is 9.84 Å². The van der Waals surface area contributed by atoms with Gasteiger partial charge in [0.2, 0.25) is 0 Å². The fourth-order valence-electron chi connectivity index (χ4n) is 1.91. The Morgan fingerprint density at radius 3 is 2.53 bits per heavy atom. The summed E-state index contributed by atoms with van der Waals surface area (Å²) in [7, 11) is 0. The highest BCUT2D eigenvalue weighted by atomic mass is 79.9. The first-order chi connectivity index (χ1) is 9.10. The van der Waals surface area contributed by atoms with Gasteiger partial charge in [0, 0.05) is 16.6 Å². The van der Waals surface area contributed by atoms with E-state index in [-0.39, 0.29) is 5.75 Å². The Kier molecular flexibility index (Phi) is 4.45. The van der Waals surface area contributed by atoms with Crippen LogP contribution in [0, 0.1) is 6.92 Å². The third-order valence-electron chi connectivity index (χ3n) is 2.86. The SMILES string of the molecule is Cc1cc(Br)cc(CN)c1OCc1ccc(O)cc1. The molecule has 0 spiro atoms. The highest BCUT2D eigenvalue weighted by Gasteiger charge is 2.08. The molecular weight excluding hydrogens is 306 g/mol. The van der Waals surface area contributed by atoms with Crippen molar-refractivity contribution in [3.05, 3.63) is 57.6 Å². The van der Waals surface area contributed by atoms with Gasteiger partial charge in [-0.05, 0) is 42.3 Å². The number of halogens is 1. The van der Waals surface area contributed by atoms with Crippen molar-refractivity contribution in [2.24, 2.45) is 5.73 Å². The number of phenolic OH excluding ortho intramolecular Hbond substituents is 1. The van der Waals surface area contributed by atoms with E-state index in [0.29, 0.717) is 13.2 Å². The molecule has 0 radical (unpaired) electrons. The van der Waals surface area contributed by atoms with E-state index in [9.17, 15) is 5.11 Å². The first kappa shape index (κ1) is 13.9. The van der Waals surface area contributed by atoms with E-state index in [1.807, 2.05) is 31.2 Å². The quantitative estimate of drug-likeness (QED) is 0.906. The van der Waals surface area contributed by atoms with Gasteiger partial charge in [-0.1, -0.05) is 28.1 Å². The minimum Gasteiger partial charge on any atom is -0.508 e. The second-order valence-electron chi connectivity index (χ2n) is 4.37. The lowest BCUT2D eigenvalue weighted by atomic mass is 10.1. The molecule has 3 nitrogen and oxygen atoms in total. The van der Waals surface area contributed by atoms with E-state index in [0.717, 1.165) is 26.9 Å². The minimum absolute atomic E-state index is 0.256. The summed E-state index contributed by atoms with van der Waals surface area (Å²) in [5, 5.41) is 9.24. The normalized spacial score (nSPS) is 10.5. The van der Waals surface area contributed by atoms with Crippen molar-refractivity contribution in [3.63, 3.8) is 0 Å². The van der Waals surface area contributed by atoms with E-state index < -0.39 is 0 Å². The second kappa shape index (κ2) is 6.08. The van der Waals surface area contributed by atoms with Gasteiger partial charge in [0.1, 0.15) is 18.1 Å². The Labute approximate surface area is 121 Å². The minimum atomic E-state index is 0.256. The number of aryl methyl sites for hydroxylation is 1. The van der Waals surface area contributed by atoms with Gasteiger partial charge in [-0.3, -0.25) is 0 Å². The molecule has 2 rings (SSSR count). The predicted octanol–water partition coefficient (Wildman–Crippen LogP) is 3.50. The van der Waals surface area contributed by atoms with Crippen LogP contribution in [0.2, 0.25) is 0 Å². The molecule has 3 N–H and O–H groups in total. The lowest BCUT2D eigenvalue weighted by molar-refractivity contribution is 0.300. The van der Waals surface area contributed by atoms with Gasteiger partial charge < -0.3 is 15.6 Å². The van der Waals surface area contributed by atoms with Crippen LogP contribution in [-0.4, -0.2) is 5.11 Å². The predicted molar refractivity (Wildman–Crippen MR) is 79.2 cm³/mol. The molecule has 0 saturated carbocycles. The Bertz CT molecular complexity index is 567. The van der Waals surface area contributed by atoms with Crippen molar-refractivity contribution in [2.75, 3.05) is 0 Å². The summed E-state index contributed by atoms with van der Waals surface area (Å²) in [5.41, 5.74) is 8.77. The summed E-state index contributed by atoms with van der Waals surface area (Å²) in [5.74, 6) is 1.09. The number of benzene rings is 2. The van der Waals surface area contributed by atoms with Gasteiger partial charge in [0.05, 0.1) is 0 Å². The first-order valence-electron chi connectivity index (χ1n) is 6.00. The maximum absolute atomic E-state index is 9.24. The number of ether oxygens (including phenoxy) is 1. The highest BCUT2D eigenvalue weighted by molar-refractivity contribution is 9.10. The molecule has 0 saturated heterocycles. The van der Waals surface area contributed by atoms with Crippen molar-refractivity contribution >= 4 is 15.9 Å².